The van der Waals surface area contributed by atoms with Crippen LogP contribution in [0.5, 0.6) is 0 Å². The molecule has 2 aliphatic carbocycles. The Bertz CT molecular complexity index is 2870. The summed E-state index contributed by atoms with van der Waals surface area (Å²) in [6.07, 6.45) is 0. The van der Waals surface area contributed by atoms with Gasteiger partial charge in [0.1, 0.15) is 11.2 Å². The first-order chi connectivity index (χ1) is 26.6. The highest BCUT2D eigenvalue weighted by Crippen LogP contribution is 2.59. The molecule has 0 bridgehead atoms. The van der Waals surface area contributed by atoms with Crippen LogP contribution in [-0.2, 0) is 10.8 Å². The fraction of sp³-hybridized carbons (Fsp3) is 0.0769. The van der Waals surface area contributed by atoms with Crippen molar-refractivity contribution in [1.29, 1.82) is 0 Å². The van der Waals surface area contributed by atoms with Crippen molar-refractivity contribution < 1.29 is 4.42 Å². The van der Waals surface area contributed by atoms with Crippen molar-refractivity contribution in [3.63, 3.8) is 0 Å². The van der Waals surface area contributed by atoms with Gasteiger partial charge in [0.25, 0.3) is 0 Å². The molecule has 0 aliphatic heterocycles. The van der Waals surface area contributed by atoms with Gasteiger partial charge in [-0.3, -0.25) is 0 Å². The Balaban J connectivity index is 1.28. The minimum absolute atomic E-state index is 0.128. The summed E-state index contributed by atoms with van der Waals surface area (Å²) < 4.78 is 6.93. The largest absolute Gasteiger partial charge is 0.456 e. The van der Waals surface area contributed by atoms with Crippen LogP contribution in [-0.4, -0.2) is 0 Å². The molecule has 0 amide bonds. The van der Waals surface area contributed by atoms with E-state index in [4.69, 9.17) is 4.42 Å². The topological polar surface area (TPSA) is 16.4 Å². The number of nitrogens with zero attached hydrogens (tertiary/aromatic N) is 1. The minimum atomic E-state index is -0.577. The SMILES string of the molecule is CC1(C)c2ccccc2-c2c(N(c3ccccc3)c3cccc4oc5cccc(C6(c7ccccc7)c7ccccc7-c7ccccc76)c5c34)cccc21. The fourth-order valence-electron chi connectivity index (χ4n) is 9.93. The van der Waals surface area contributed by atoms with Crippen molar-refractivity contribution >= 4 is 39.0 Å². The molecule has 54 heavy (non-hydrogen) atoms. The third kappa shape index (κ3) is 4.06. The van der Waals surface area contributed by atoms with Gasteiger partial charge in [0.05, 0.1) is 22.2 Å². The zero-order valence-electron chi connectivity index (χ0n) is 30.3. The number of rotatable bonds is 5. The molecule has 8 aromatic carbocycles. The van der Waals surface area contributed by atoms with Gasteiger partial charge in [0.15, 0.2) is 0 Å². The maximum absolute atomic E-state index is 6.93. The molecule has 0 unspecified atom stereocenters. The number of benzene rings is 8. The third-order valence-electron chi connectivity index (χ3n) is 12.1. The zero-order chi connectivity index (χ0) is 36.0. The van der Waals surface area contributed by atoms with Crippen molar-refractivity contribution in [3.05, 3.63) is 221 Å². The lowest BCUT2D eigenvalue weighted by molar-refractivity contribution is 0.660. The van der Waals surface area contributed by atoms with E-state index in [1.54, 1.807) is 0 Å². The second-order valence-corrected chi connectivity index (χ2v) is 15.2. The number of hydrogen-bond acceptors (Lipinski definition) is 2. The molecule has 2 aliphatic rings. The first-order valence-electron chi connectivity index (χ1n) is 18.9. The summed E-state index contributed by atoms with van der Waals surface area (Å²) in [6.45, 7) is 4.70. The molecule has 2 nitrogen and oxygen atoms in total. The molecule has 2 heteroatoms. The summed E-state index contributed by atoms with van der Waals surface area (Å²) in [5.74, 6) is 0. The molecule has 0 N–H and O–H groups in total. The predicted octanol–water partition coefficient (Wildman–Crippen LogP) is 13.7. The first-order valence-corrected chi connectivity index (χ1v) is 18.9. The molecule has 1 aromatic heterocycles. The highest BCUT2D eigenvalue weighted by atomic mass is 16.3. The molecule has 0 radical (unpaired) electrons. The van der Waals surface area contributed by atoms with Gasteiger partial charge in [-0.05, 0) is 86.5 Å². The molecule has 0 saturated heterocycles. The Hall–Kier alpha value is -6.64. The van der Waals surface area contributed by atoms with Crippen LogP contribution in [0.4, 0.5) is 17.1 Å². The Morgan fingerprint density at radius 2 is 0.889 bits per heavy atom. The smallest absolute Gasteiger partial charge is 0.137 e. The zero-order valence-corrected chi connectivity index (χ0v) is 30.3. The molecule has 11 rings (SSSR count). The summed E-state index contributed by atoms with van der Waals surface area (Å²) in [6, 6.07) is 68.8. The van der Waals surface area contributed by atoms with Crippen LogP contribution in [0.15, 0.2) is 192 Å². The molecule has 1 heterocycles. The molecule has 0 spiro atoms. The van der Waals surface area contributed by atoms with Crippen LogP contribution in [0.3, 0.4) is 0 Å². The van der Waals surface area contributed by atoms with E-state index in [1.807, 2.05) is 0 Å². The monoisotopic (exact) mass is 691 g/mol. The lowest BCUT2D eigenvalue weighted by Gasteiger charge is -2.34. The van der Waals surface area contributed by atoms with Gasteiger partial charge in [0.2, 0.25) is 0 Å². The van der Waals surface area contributed by atoms with Gasteiger partial charge in [0, 0.05) is 22.1 Å². The minimum Gasteiger partial charge on any atom is -0.456 e. The second kappa shape index (κ2) is 11.4. The van der Waals surface area contributed by atoms with Crippen LogP contribution in [0.25, 0.3) is 44.2 Å². The van der Waals surface area contributed by atoms with Gasteiger partial charge < -0.3 is 9.32 Å². The van der Waals surface area contributed by atoms with Crippen LogP contribution in [0.2, 0.25) is 0 Å². The Morgan fingerprint density at radius 3 is 1.59 bits per heavy atom. The molecule has 9 aromatic rings. The summed E-state index contributed by atoms with van der Waals surface area (Å²) >= 11 is 0. The highest BCUT2D eigenvalue weighted by Gasteiger charge is 2.47. The summed E-state index contributed by atoms with van der Waals surface area (Å²) in [5, 5.41) is 2.24. The highest BCUT2D eigenvalue weighted by molar-refractivity contribution is 6.16. The number of anilines is 3. The average molecular weight is 692 g/mol. The van der Waals surface area contributed by atoms with E-state index in [0.717, 1.165) is 39.0 Å². The van der Waals surface area contributed by atoms with Crippen molar-refractivity contribution in [1.82, 2.24) is 0 Å². The van der Waals surface area contributed by atoms with E-state index in [1.165, 1.54) is 55.6 Å². The number of hydrogen-bond donors (Lipinski definition) is 0. The Morgan fingerprint density at radius 1 is 0.389 bits per heavy atom. The van der Waals surface area contributed by atoms with Crippen LogP contribution in [0.1, 0.15) is 47.2 Å². The third-order valence-corrected chi connectivity index (χ3v) is 12.1. The summed E-state index contributed by atoms with van der Waals surface area (Å²) in [5.41, 5.74) is 17.2. The maximum Gasteiger partial charge on any atom is 0.137 e. The van der Waals surface area contributed by atoms with Crippen molar-refractivity contribution in [3.8, 4) is 22.3 Å². The summed E-state index contributed by atoms with van der Waals surface area (Å²) in [4.78, 5) is 2.47. The number of furan rings is 1. The van der Waals surface area contributed by atoms with E-state index >= 15 is 0 Å². The predicted molar refractivity (Wildman–Crippen MR) is 223 cm³/mol. The molecular formula is C52H37NO. The second-order valence-electron chi connectivity index (χ2n) is 15.2. The van der Waals surface area contributed by atoms with Crippen LogP contribution in [0, 0.1) is 0 Å². The number of fused-ring (bicyclic) bond motifs is 9. The average Bonchev–Trinajstić information content (AvgIpc) is 3.84. The summed E-state index contributed by atoms with van der Waals surface area (Å²) in [7, 11) is 0. The molecule has 256 valence electrons. The standard InChI is InChI=1S/C52H37NO/c1-51(2)39-25-12-11-24-38(39)48-42(51)28-15-30-44(48)53(35-20-7-4-8-21-35)45-31-17-33-47-50(45)49-43(29-16-32-46(49)54-47)52(34-18-5-3-6-19-34)40-26-13-9-22-36(40)37-23-10-14-27-41(37)52/h3-33H,1-2H3. The van der Waals surface area contributed by atoms with E-state index in [0.29, 0.717) is 0 Å². The molecule has 0 atom stereocenters. The quantitative estimate of drug-likeness (QED) is 0.179. The van der Waals surface area contributed by atoms with Crippen LogP contribution >= 0.6 is 0 Å². The van der Waals surface area contributed by atoms with Gasteiger partial charge in [-0.15, -0.1) is 0 Å². The molecule has 0 fully saturated rings. The maximum atomic E-state index is 6.93. The Kier molecular flexibility index (Phi) is 6.55. The van der Waals surface area contributed by atoms with Crippen molar-refractivity contribution in [2.75, 3.05) is 4.90 Å². The number of para-hydroxylation sites is 1. The van der Waals surface area contributed by atoms with E-state index in [2.05, 4.69) is 207 Å². The van der Waals surface area contributed by atoms with Gasteiger partial charge in [-0.2, -0.15) is 0 Å². The van der Waals surface area contributed by atoms with Gasteiger partial charge in [-0.25, -0.2) is 0 Å². The van der Waals surface area contributed by atoms with Crippen molar-refractivity contribution in [2.24, 2.45) is 0 Å². The first kappa shape index (κ1) is 30.9. The Labute approximate surface area is 315 Å². The van der Waals surface area contributed by atoms with Crippen molar-refractivity contribution in [2.45, 2.75) is 24.7 Å². The normalized spacial score (nSPS) is 14.4. The van der Waals surface area contributed by atoms with E-state index < -0.39 is 5.41 Å². The van der Waals surface area contributed by atoms with E-state index in [-0.39, 0.29) is 5.41 Å². The fourth-order valence-corrected chi connectivity index (χ4v) is 9.93. The van der Waals surface area contributed by atoms with Gasteiger partial charge in [-0.1, -0.05) is 166 Å². The van der Waals surface area contributed by atoms with E-state index in [9.17, 15) is 0 Å². The lowest BCUT2D eigenvalue weighted by atomic mass is 9.66. The van der Waals surface area contributed by atoms with Gasteiger partial charge >= 0.3 is 0 Å². The molecule has 0 saturated carbocycles. The van der Waals surface area contributed by atoms with Crippen LogP contribution < -0.4 is 4.90 Å². The lowest BCUT2D eigenvalue weighted by Crippen LogP contribution is -2.28. The molecular weight excluding hydrogens is 655 g/mol.